The van der Waals surface area contributed by atoms with Gasteiger partial charge in [0.2, 0.25) is 6.08 Å². The van der Waals surface area contributed by atoms with Crippen molar-refractivity contribution >= 4 is 6.08 Å². The molecule has 0 aromatic heterocycles. The second-order valence-electron chi connectivity index (χ2n) is 3.23. The summed E-state index contributed by atoms with van der Waals surface area (Å²) in [6.45, 7) is 0. The summed E-state index contributed by atoms with van der Waals surface area (Å²) in [5.41, 5.74) is 0. The molecule has 1 aliphatic rings. The van der Waals surface area contributed by atoms with Gasteiger partial charge in [0.15, 0.2) is 0 Å². The molecule has 4 nitrogen and oxygen atoms in total. The van der Waals surface area contributed by atoms with Gasteiger partial charge in [-0.15, -0.1) is 0 Å². The van der Waals surface area contributed by atoms with Gasteiger partial charge in [-0.2, -0.15) is 4.99 Å². The fourth-order valence-electron chi connectivity index (χ4n) is 1.77. The smallest absolute Gasteiger partial charge is 0.235 e. The Morgan fingerprint density at radius 3 is 2.62 bits per heavy atom. The predicted octanol–water partition coefficient (Wildman–Crippen LogP) is 0.905. The Morgan fingerprint density at radius 1 is 1.31 bits per heavy atom. The van der Waals surface area contributed by atoms with Crippen LogP contribution in [0.3, 0.4) is 0 Å². The molecule has 0 N–H and O–H groups in total. The minimum atomic E-state index is -0.0822. The molecule has 0 saturated heterocycles. The summed E-state index contributed by atoms with van der Waals surface area (Å²) >= 11 is 0. The maximum absolute atomic E-state index is 10.1. The van der Waals surface area contributed by atoms with Gasteiger partial charge in [0.05, 0.1) is 18.2 Å². The lowest BCUT2D eigenvalue weighted by Crippen LogP contribution is -2.36. The van der Waals surface area contributed by atoms with E-state index in [4.69, 9.17) is 9.47 Å². The predicted molar refractivity (Wildman–Crippen MR) is 47.4 cm³/mol. The highest BCUT2D eigenvalue weighted by atomic mass is 16.5. The second kappa shape index (κ2) is 5.12. The molecule has 1 saturated carbocycles. The zero-order chi connectivity index (χ0) is 9.68. The number of aliphatic imine (C=N–C) groups is 1. The fraction of sp³-hybridized carbons (Fsp3) is 0.889. The molecule has 0 aliphatic heterocycles. The van der Waals surface area contributed by atoms with Crippen LogP contribution in [0.2, 0.25) is 0 Å². The molecule has 3 unspecified atom stereocenters. The lowest BCUT2D eigenvalue weighted by atomic mass is 9.90. The summed E-state index contributed by atoms with van der Waals surface area (Å²) < 4.78 is 10.4. The quantitative estimate of drug-likeness (QED) is 0.485. The van der Waals surface area contributed by atoms with E-state index in [2.05, 4.69) is 4.99 Å². The second-order valence-corrected chi connectivity index (χ2v) is 3.23. The molecule has 74 valence electrons. The van der Waals surface area contributed by atoms with Gasteiger partial charge in [-0.05, 0) is 19.3 Å². The molecule has 0 amide bonds. The van der Waals surface area contributed by atoms with Crippen LogP contribution < -0.4 is 0 Å². The van der Waals surface area contributed by atoms with Crippen LogP contribution in [-0.2, 0) is 14.3 Å². The summed E-state index contributed by atoms with van der Waals surface area (Å²) in [6, 6.07) is -0.0822. The van der Waals surface area contributed by atoms with Crippen molar-refractivity contribution in [2.45, 2.75) is 37.5 Å². The number of ether oxygens (including phenoxy) is 2. The molecule has 0 heterocycles. The van der Waals surface area contributed by atoms with Crippen LogP contribution in [0.5, 0.6) is 0 Å². The van der Waals surface area contributed by atoms with Crippen LogP contribution in [0.4, 0.5) is 0 Å². The third-order valence-electron chi connectivity index (χ3n) is 2.56. The van der Waals surface area contributed by atoms with Crippen molar-refractivity contribution in [3.05, 3.63) is 0 Å². The summed E-state index contributed by atoms with van der Waals surface area (Å²) in [4.78, 5) is 13.9. The van der Waals surface area contributed by atoms with Crippen LogP contribution in [-0.4, -0.2) is 38.5 Å². The third-order valence-corrected chi connectivity index (χ3v) is 2.56. The first-order valence-corrected chi connectivity index (χ1v) is 4.44. The Bertz CT molecular complexity index is 201. The Labute approximate surface area is 77.9 Å². The zero-order valence-corrected chi connectivity index (χ0v) is 8.03. The number of isocyanates is 1. The average molecular weight is 185 g/mol. The van der Waals surface area contributed by atoms with Crippen molar-refractivity contribution in [2.24, 2.45) is 4.99 Å². The van der Waals surface area contributed by atoms with Crippen molar-refractivity contribution < 1.29 is 14.3 Å². The minimum Gasteiger partial charge on any atom is -0.381 e. The number of hydrogen-bond donors (Lipinski definition) is 0. The maximum Gasteiger partial charge on any atom is 0.235 e. The van der Waals surface area contributed by atoms with Gasteiger partial charge in [0.1, 0.15) is 0 Å². The number of nitrogens with zero attached hydrogens (tertiary/aromatic N) is 1. The standard InChI is InChI=1S/C9H15NO3/c1-12-7-3-4-9(13-2)8(5-7)10-6-11/h7-9H,3-5H2,1-2H3. The molecule has 1 fully saturated rings. The highest BCUT2D eigenvalue weighted by molar-refractivity contribution is 5.33. The summed E-state index contributed by atoms with van der Waals surface area (Å²) in [7, 11) is 3.32. The Morgan fingerprint density at radius 2 is 2.08 bits per heavy atom. The number of carbonyl (C=O) groups excluding carboxylic acids is 1. The van der Waals surface area contributed by atoms with E-state index in [0.717, 1.165) is 19.3 Å². The van der Waals surface area contributed by atoms with Crippen molar-refractivity contribution in [2.75, 3.05) is 14.2 Å². The lowest BCUT2D eigenvalue weighted by molar-refractivity contribution is -0.00771. The zero-order valence-electron chi connectivity index (χ0n) is 8.03. The minimum absolute atomic E-state index is 0.0489. The Balaban J connectivity index is 2.56. The average Bonchev–Trinajstić information content (AvgIpc) is 2.18. The molecule has 0 bridgehead atoms. The van der Waals surface area contributed by atoms with E-state index in [1.807, 2.05) is 0 Å². The maximum atomic E-state index is 10.1. The monoisotopic (exact) mass is 185 g/mol. The first kappa shape index (κ1) is 10.4. The van der Waals surface area contributed by atoms with E-state index >= 15 is 0 Å². The first-order chi connectivity index (χ1) is 6.31. The number of rotatable bonds is 3. The number of hydrogen-bond acceptors (Lipinski definition) is 4. The summed E-state index contributed by atoms with van der Waals surface area (Å²) in [5, 5.41) is 0. The topological polar surface area (TPSA) is 47.9 Å². The Kier molecular flexibility index (Phi) is 4.09. The molecule has 4 heteroatoms. The molecule has 1 rings (SSSR count). The normalized spacial score (nSPS) is 33.8. The van der Waals surface area contributed by atoms with Gasteiger partial charge in [-0.1, -0.05) is 0 Å². The molecule has 0 radical (unpaired) electrons. The van der Waals surface area contributed by atoms with E-state index in [1.165, 1.54) is 0 Å². The van der Waals surface area contributed by atoms with Crippen molar-refractivity contribution in [3.8, 4) is 0 Å². The van der Waals surface area contributed by atoms with Gasteiger partial charge >= 0.3 is 0 Å². The lowest BCUT2D eigenvalue weighted by Gasteiger charge is -2.31. The van der Waals surface area contributed by atoms with E-state index in [1.54, 1.807) is 20.3 Å². The molecule has 0 aromatic carbocycles. The molecule has 0 aromatic rings. The summed E-state index contributed by atoms with van der Waals surface area (Å²) in [6.07, 6.45) is 4.46. The number of methoxy groups -OCH3 is 2. The molecular formula is C9H15NO3. The van der Waals surface area contributed by atoms with Crippen LogP contribution in [0.15, 0.2) is 4.99 Å². The van der Waals surface area contributed by atoms with Gasteiger partial charge in [0, 0.05) is 14.2 Å². The first-order valence-electron chi connectivity index (χ1n) is 4.44. The highest BCUT2D eigenvalue weighted by Gasteiger charge is 2.30. The molecular weight excluding hydrogens is 170 g/mol. The highest BCUT2D eigenvalue weighted by Crippen LogP contribution is 2.25. The molecule has 1 aliphatic carbocycles. The van der Waals surface area contributed by atoms with Crippen molar-refractivity contribution in [1.29, 1.82) is 0 Å². The van der Waals surface area contributed by atoms with Gasteiger partial charge in [0.25, 0.3) is 0 Å². The SMILES string of the molecule is COC1CCC(OC)C(N=C=O)C1. The third kappa shape index (κ3) is 2.62. The van der Waals surface area contributed by atoms with E-state index < -0.39 is 0 Å². The largest absolute Gasteiger partial charge is 0.381 e. The van der Waals surface area contributed by atoms with Gasteiger partial charge in [-0.3, -0.25) is 0 Å². The molecule has 0 spiro atoms. The van der Waals surface area contributed by atoms with Crippen LogP contribution in [0.1, 0.15) is 19.3 Å². The molecule has 3 atom stereocenters. The van der Waals surface area contributed by atoms with Gasteiger partial charge in [-0.25, -0.2) is 4.79 Å². The molecule has 13 heavy (non-hydrogen) atoms. The van der Waals surface area contributed by atoms with Crippen LogP contribution in [0, 0.1) is 0 Å². The van der Waals surface area contributed by atoms with Crippen molar-refractivity contribution in [3.63, 3.8) is 0 Å². The van der Waals surface area contributed by atoms with Crippen molar-refractivity contribution in [1.82, 2.24) is 0 Å². The van der Waals surface area contributed by atoms with E-state index in [-0.39, 0.29) is 18.2 Å². The van der Waals surface area contributed by atoms with Gasteiger partial charge < -0.3 is 9.47 Å². The Hall–Kier alpha value is -0.700. The van der Waals surface area contributed by atoms with E-state index in [0.29, 0.717) is 0 Å². The fourth-order valence-corrected chi connectivity index (χ4v) is 1.77. The summed E-state index contributed by atoms with van der Waals surface area (Å²) in [5.74, 6) is 0. The van der Waals surface area contributed by atoms with Crippen LogP contribution >= 0.6 is 0 Å². The van der Waals surface area contributed by atoms with E-state index in [9.17, 15) is 4.79 Å². The van der Waals surface area contributed by atoms with Crippen LogP contribution in [0.25, 0.3) is 0 Å².